The van der Waals surface area contributed by atoms with Crippen LogP contribution in [0.4, 0.5) is 11.5 Å². The van der Waals surface area contributed by atoms with E-state index < -0.39 is 0 Å². The van der Waals surface area contributed by atoms with Crippen molar-refractivity contribution in [2.24, 2.45) is 0 Å². The average molecular weight is 284 g/mol. The molecule has 0 spiro atoms. The summed E-state index contributed by atoms with van der Waals surface area (Å²) >= 11 is 0. The molecule has 1 amide bonds. The molecule has 0 aliphatic carbocycles. The van der Waals surface area contributed by atoms with Crippen LogP contribution in [0.2, 0.25) is 0 Å². The Hall–Kier alpha value is -2.27. The highest BCUT2D eigenvalue weighted by atomic mass is 16.1. The lowest BCUT2D eigenvalue weighted by molar-refractivity contribution is 0.102. The van der Waals surface area contributed by atoms with Gasteiger partial charge in [0, 0.05) is 43.6 Å². The van der Waals surface area contributed by atoms with Gasteiger partial charge in [0.25, 0.3) is 5.91 Å². The van der Waals surface area contributed by atoms with E-state index in [-0.39, 0.29) is 5.91 Å². The number of rotatable bonds is 3. The average Bonchev–Trinajstić information content (AvgIpc) is 3.01. The van der Waals surface area contributed by atoms with Crippen LogP contribution < -0.4 is 10.2 Å². The molecule has 5 heteroatoms. The first-order chi connectivity index (χ1) is 10.2. The summed E-state index contributed by atoms with van der Waals surface area (Å²) in [7, 11) is 2.14. The van der Waals surface area contributed by atoms with Gasteiger partial charge in [-0.1, -0.05) is 6.07 Å². The number of anilines is 2. The summed E-state index contributed by atoms with van der Waals surface area (Å²) in [6.45, 7) is 4.11. The molecule has 1 aromatic heterocycles. The minimum absolute atomic E-state index is 0.0894. The first-order valence-electron chi connectivity index (χ1n) is 7.21. The number of aromatic amines is 1. The Morgan fingerprint density at radius 1 is 1.14 bits per heavy atom. The molecule has 1 aliphatic rings. The summed E-state index contributed by atoms with van der Waals surface area (Å²) in [4.78, 5) is 19.9. The molecule has 5 nitrogen and oxygen atoms in total. The largest absolute Gasteiger partial charge is 0.369 e. The van der Waals surface area contributed by atoms with Crippen LogP contribution in [0.15, 0.2) is 42.6 Å². The second kappa shape index (κ2) is 6.01. The summed E-state index contributed by atoms with van der Waals surface area (Å²) in [5, 5.41) is 2.85. The minimum Gasteiger partial charge on any atom is -0.369 e. The van der Waals surface area contributed by atoms with Gasteiger partial charge in [0.15, 0.2) is 0 Å². The molecule has 0 atom stereocenters. The van der Waals surface area contributed by atoms with Gasteiger partial charge in [-0.3, -0.25) is 4.79 Å². The Bertz CT molecular complexity index is 600. The van der Waals surface area contributed by atoms with E-state index in [0.717, 1.165) is 31.9 Å². The third kappa shape index (κ3) is 3.25. The third-order valence-corrected chi connectivity index (χ3v) is 3.82. The molecule has 2 aromatic rings. The Kier molecular flexibility index (Phi) is 3.92. The maximum Gasteiger partial charge on any atom is 0.256 e. The number of carbonyl (C=O) groups is 1. The summed E-state index contributed by atoms with van der Waals surface area (Å²) < 4.78 is 0. The van der Waals surface area contributed by atoms with Gasteiger partial charge in [0.1, 0.15) is 5.82 Å². The monoisotopic (exact) mass is 284 g/mol. The van der Waals surface area contributed by atoms with E-state index in [1.54, 1.807) is 6.20 Å². The molecule has 1 aliphatic heterocycles. The molecular formula is C16H20N4O. The molecule has 110 valence electrons. The van der Waals surface area contributed by atoms with Crippen LogP contribution in [0.5, 0.6) is 0 Å². The molecule has 2 heterocycles. The van der Waals surface area contributed by atoms with Crippen LogP contribution in [0, 0.1) is 0 Å². The van der Waals surface area contributed by atoms with E-state index in [2.05, 4.69) is 33.2 Å². The lowest BCUT2D eigenvalue weighted by Gasteiger charge is -2.34. The van der Waals surface area contributed by atoms with Crippen LogP contribution in [-0.4, -0.2) is 49.0 Å². The van der Waals surface area contributed by atoms with Crippen molar-refractivity contribution >= 4 is 17.4 Å². The van der Waals surface area contributed by atoms with E-state index in [9.17, 15) is 4.79 Å². The zero-order valence-electron chi connectivity index (χ0n) is 12.2. The fourth-order valence-electron chi connectivity index (χ4n) is 2.51. The molecule has 0 bridgehead atoms. The van der Waals surface area contributed by atoms with Gasteiger partial charge in [-0.25, -0.2) is 0 Å². The third-order valence-electron chi connectivity index (χ3n) is 3.82. The number of amides is 1. The van der Waals surface area contributed by atoms with Gasteiger partial charge in [-0.15, -0.1) is 0 Å². The smallest absolute Gasteiger partial charge is 0.256 e. The van der Waals surface area contributed by atoms with Crippen LogP contribution in [0.1, 0.15) is 10.4 Å². The molecule has 1 fully saturated rings. The van der Waals surface area contributed by atoms with Gasteiger partial charge in [-0.05, 0) is 37.4 Å². The maximum absolute atomic E-state index is 12.2. The van der Waals surface area contributed by atoms with Crippen molar-refractivity contribution in [3.63, 3.8) is 0 Å². The highest BCUT2D eigenvalue weighted by Gasteiger charge is 2.15. The van der Waals surface area contributed by atoms with E-state index in [0.29, 0.717) is 11.4 Å². The minimum atomic E-state index is -0.0894. The number of hydrogen-bond donors (Lipinski definition) is 2. The number of likely N-dealkylation sites (N-methyl/N-ethyl adjacent to an activating group) is 1. The molecule has 2 N–H and O–H groups in total. The van der Waals surface area contributed by atoms with Crippen molar-refractivity contribution in [3.8, 4) is 0 Å². The Labute approximate surface area is 124 Å². The highest BCUT2D eigenvalue weighted by Crippen LogP contribution is 2.18. The zero-order chi connectivity index (χ0) is 14.7. The first-order valence-corrected chi connectivity index (χ1v) is 7.21. The predicted molar refractivity (Wildman–Crippen MR) is 84.9 cm³/mol. The predicted octanol–water partition coefficient (Wildman–Crippen LogP) is 2.02. The molecular weight excluding hydrogens is 264 g/mol. The number of H-pyrrole nitrogens is 1. The number of piperazine rings is 1. The topological polar surface area (TPSA) is 51.4 Å². The molecule has 21 heavy (non-hydrogen) atoms. The van der Waals surface area contributed by atoms with Gasteiger partial charge in [-0.2, -0.15) is 0 Å². The number of nitrogens with zero attached hydrogens (tertiary/aromatic N) is 2. The van der Waals surface area contributed by atoms with Crippen LogP contribution in [-0.2, 0) is 0 Å². The number of hydrogen-bond acceptors (Lipinski definition) is 3. The Morgan fingerprint density at radius 3 is 2.67 bits per heavy atom. The first kappa shape index (κ1) is 13.7. The van der Waals surface area contributed by atoms with Gasteiger partial charge < -0.3 is 20.1 Å². The molecule has 0 radical (unpaired) electrons. The van der Waals surface area contributed by atoms with Crippen LogP contribution in [0.3, 0.4) is 0 Å². The van der Waals surface area contributed by atoms with Crippen molar-refractivity contribution < 1.29 is 4.79 Å². The fourth-order valence-corrected chi connectivity index (χ4v) is 2.51. The summed E-state index contributed by atoms with van der Waals surface area (Å²) in [5.41, 5.74) is 1.79. The Balaban J connectivity index is 1.72. The van der Waals surface area contributed by atoms with Crippen molar-refractivity contribution in [2.75, 3.05) is 43.4 Å². The molecule has 1 saturated heterocycles. The van der Waals surface area contributed by atoms with Gasteiger partial charge >= 0.3 is 0 Å². The standard InChI is InChI=1S/C16H20N4O/c1-19-8-10-20(11-9-19)14-5-2-4-13(12-14)16(21)18-15-6-3-7-17-15/h2-7,12,17H,8-11H2,1H3,(H,18,21). The normalized spacial score (nSPS) is 16.0. The Morgan fingerprint density at radius 2 is 1.95 bits per heavy atom. The SMILES string of the molecule is CN1CCN(c2cccc(C(=O)Nc3ccc[nH]3)c2)CC1. The second-order valence-corrected chi connectivity index (χ2v) is 5.38. The van der Waals surface area contributed by atoms with Crippen LogP contribution >= 0.6 is 0 Å². The zero-order valence-corrected chi connectivity index (χ0v) is 12.2. The fraction of sp³-hybridized carbons (Fsp3) is 0.312. The molecule has 3 rings (SSSR count). The number of aromatic nitrogens is 1. The number of benzene rings is 1. The van der Waals surface area contributed by atoms with Crippen molar-refractivity contribution in [1.82, 2.24) is 9.88 Å². The lowest BCUT2D eigenvalue weighted by Crippen LogP contribution is -2.44. The van der Waals surface area contributed by atoms with Crippen molar-refractivity contribution in [2.45, 2.75) is 0 Å². The van der Waals surface area contributed by atoms with E-state index in [1.165, 1.54) is 0 Å². The number of carbonyl (C=O) groups excluding carboxylic acids is 1. The highest BCUT2D eigenvalue weighted by molar-refractivity contribution is 6.04. The number of nitrogens with one attached hydrogen (secondary N) is 2. The molecule has 0 unspecified atom stereocenters. The molecule has 1 aromatic carbocycles. The summed E-state index contributed by atoms with van der Waals surface area (Å²) in [5.74, 6) is 0.624. The van der Waals surface area contributed by atoms with E-state index in [4.69, 9.17) is 0 Å². The van der Waals surface area contributed by atoms with Crippen molar-refractivity contribution in [1.29, 1.82) is 0 Å². The molecule has 0 saturated carbocycles. The summed E-state index contributed by atoms with van der Waals surface area (Å²) in [6.07, 6.45) is 1.79. The van der Waals surface area contributed by atoms with Gasteiger partial charge in [0.05, 0.1) is 0 Å². The van der Waals surface area contributed by atoms with Crippen LogP contribution in [0.25, 0.3) is 0 Å². The van der Waals surface area contributed by atoms with E-state index >= 15 is 0 Å². The lowest BCUT2D eigenvalue weighted by atomic mass is 10.1. The second-order valence-electron chi connectivity index (χ2n) is 5.38. The van der Waals surface area contributed by atoms with Gasteiger partial charge in [0.2, 0.25) is 0 Å². The van der Waals surface area contributed by atoms with Crippen molar-refractivity contribution in [3.05, 3.63) is 48.2 Å². The maximum atomic E-state index is 12.2. The summed E-state index contributed by atoms with van der Waals surface area (Å²) in [6, 6.07) is 11.5. The van der Waals surface area contributed by atoms with E-state index in [1.807, 2.05) is 30.3 Å². The quantitative estimate of drug-likeness (QED) is 0.906.